The van der Waals surface area contributed by atoms with Crippen molar-refractivity contribution in [2.24, 2.45) is 0 Å². The zero-order valence-electron chi connectivity index (χ0n) is 11.7. The second-order valence-electron chi connectivity index (χ2n) is 4.28. The Balaban J connectivity index is 2.05. The van der Waals surface area contributed by atoms with Gasteiger partial charge in [0.1, 0.15) is 0 Å². The Bertz CT molecular complexity index is 645. The molecule has 0 saturated carbocycles. The minimum atomic E-state index is -0.346. The van der Waals surface area contributed by atoms with Crippen LogP contribution in [0.1, 0.15) is 33.2 Å². The third-order valence-corrected chi connectivity index (χ3v) is 2.81. The van der Waals surface area contributed by atoms with E-state index in [0.29, 0.717) is 17.7 Å². The van der Waals surface area contributed by atoms with Crippen molar-refractivity contribution in [1.82, 2.24) is 4.98 Å². The van der Waals surface area contributed by atoms with Crippen molar-refractivity contribution in [3.63, 3.8) is 0 Å². The Kier molecular flexibility index (Phi) is 4.99. The number of allylic oxidation sites excluding steroid dienone is 1. The van der Waals surface area contributed by atoms with E-state index < -0.39 is 0 Å². The number of benzene rings is 1. The van der Waals surface area contributed by atoms with Crippen LogP contribution in [-0.4, -0.2) is 23.3 Å². The molecule has 1 heterocycles. The van der Waals surface area contributed by atoms with E-state index in [1.807, 2.05) is 0 Å². The van der Waals surface area contributed by atoms with Crippen LogP contribution in [-0.2, 0) is 4.74 Å². The summed E-state index contributed by atoms with van der Waals surface area (Å²) in [5.41, 5.74) is 1.92. The molecular formula is C17H15NO3. The van der Waals surface area contributed by atoms with Crippen LogP contribution >= 0.6 is 0 Å². The van der Waals surface area contributed by atoms with Gasteiger partial charge in [0.25, 0.3) is 0 Å². The monoisotopic (exact) mass is 281 g/mol. The Morgan fingerprint density at radius 3 is 2.33 bits per heavy atom. The highest BCUT2D eigenvalue weighted by Crippen LogP contribution is 2.09. The van der Waals surface area contributed by atoms with Gasteiger partial charge in [-0.3, -0.25) is 9.78 Å². The summed E-state index contributed by atoms with van der Waals surface area (Å²) in [5.74, 6) is -0.437. The maximum absolute atomic E-state index is 11.9. The maximum Gasteiger partial charge on any atom is 0.338 e. The number of carbonyl (C=O) groups excluding carboxylic acids is 2. The van der Waals surface area contributed by atoms with Crippen LogP contribution in [0.5, 0.6) is 0 Å². The Morgan fingerprint density at radius 1 is 1.05 bits per heavy atom. The molecule has 0 saturated heterocycles. The molecule has 0 aliphatic rings. The molecule has 0 aliphatic carbocycles. The summed E-state index contributed by atoms with van der Waals surface area (Å²) >= 11 is 0. The largest absolute Gasteiger partial charge is 0.462 e. The maximum atomic E-state index is 11.9. The summed E-state index contributed by atoms with van der Waals surface area (Å²) in [4.78, 5) is 27.3. The number of carbonyl (C=O) groups is 2. The van der Waals surface area contributed by atoms with Crippen molar-refractivity contribution >= 4 is 17.8 Å². The Labute approximate surface area is 123 Å². The fourth-order valence-corrected chi connectivity index (χ4v) is 1.73. The quantitative estimate of drug-likeness (QED) is 0.480. The number of ketones is 1. The number of aromatic nitrogens is 1. The zero-order chi connectivity index (χ0) is 15.1. The van der Waals surface area contributed by atoms with Crippen LogP contribution in [0.4, 0.5) is 0 Å². The van der Waals surface area contributed by atoms with Crippen molar-refractivity contribution in [2.75, 3.05) is 6.61 Å². The van der Waals surface area contributed by atoms with Crippen molar-refractivity contribution in [3.05, 3.63) is 71.6 Å². The number of hydrogen-bond donors (Lipinski definition) is 0. The van der Waals surface area contributed by atoms with Crippen molar-refractivity contribution in [2.45, 2.75) is 6.92 Å². The zero-order valence-corrected chi connectivity index (χ0v) is 11.7. The number of ether oxygens (including phenoxy) is 1. The summed E-state index contributed by atoms with van der Waals surface area (Å²) in [6.45, 7) is 2.11. The Hall–Kier alpha value is -2.75. The number of rotatable bonds is 5. The minimum absolute atomic E-state index is 0.0909. The van der Waals surface area contributed by atoms with Gasteiger partial charge in [0.05, 0.1) is 12.2 Å². The fraction of sp³-hybridized carbons (Fsp3) is 0.118. The van der Waals surface area contributed by atoms with Crippen LogP contribution in [0.2, 0.25) is 0 Å². The first-order chi connectivity index (χ1) is 10.2. The number of esters is 1. The first kappa shape index (κ1) is 14.7. The molecule has 0 radical (unpaired) electrons. The smallest absolute Gasteiger partial charge is 0.338 e. The van der Waals surface area contributed by atoms with Crippen LogP contribution in [0.15, 0.2) is 54.9 Å². The molecule has 2 aromatic rings. The van der Waals surface area contributed by atoms with Gasteiger partial charge in [-0.2, -0.15) is 0 Å². The van der Waals surface area contributed by atoms with E-state index in [-0.39, 0.29) is 11.8 Å². The molecule has 4 nitrogen and oxygen atoms in total. The van der Waals surface area contributed by atoms with Crippen LogP contribution < -0.4 is 0 Å². The predicted molar refractivity (Wildman–Crippen MR) is 80.0 cm³/mol. The van der Waals surface area contributed by atoms with E-state index in [2.05, 4.69) is 4.98 Å². The van der Waals surface area contributed by atoms with Gasteiger partial charge < -0.3 is 4.74 Å². The molecule has 0 N–H and O–H groups in total. The molecule has 106 valence electrons. The second kappa shape index (κ2) is 7.14. The van der Waals surface area contributed by atoms with E-state index in [0.717, 1.165) is 5.56 Å². The summed E-state index contributed by atoms with van der Waals surface area (Å²) in [7, 11) is 0. The van der Waals surface area contributed by atoms with E-state index >= 15 is 0 Å². The van der Waals surface area contributed by atoms with Gasteiger partial charge in [0.15, 0.2) is 5.78 Å². The van der Waals surface area contributed by atoms with E-state index in [1.54, 1.807) is 61.8 Å². The topological polar surface area (TPSA) is 56.3 Å². The van der Waals surface area contributed by atoms with Crippen LogP contribution in [0.25, 0.3) is 6.08 Å². The molecule has 21 heavy (non-hydrogen) atoms. The standard InChI is InChI=1S/C17H15NO3/c1-2-21-17(20)15-6-3-13(4-7-15)5-8-16(19)14-9-11-18-12-10-14/h3-12H,2H2,1H3/b8-5+. The lowest BCUT2D eigenvalue weighted by molar-refractivity contribution is 0.0526. The van der Waals surface area contributed by atoms with Crippen molar-refractivity contribution in [1.29, 1.82) is 0 Å². The molecule has 0 aliphatic heterocycles. The fourth-order valence-electron chi connectivity index (χ4n) is 1.73. The minimum Gasteiger partial charge on any atom is -0.462 e. The summed E-state index contributed by atoms with van der Waals surface area (Å²) in [6.07, 6.45) is 6.36. The molecule has 0 amide bonds. The van der Waals surface area contributed by atoms with Gasteiger partial charge >= 0.3 is 5.97 Å². The molecule has 0 unspecified atom stereocenters. The molecule has 0 bridgehead atoms. The van der Waals surface area contributed by atoms with Gasteiger partial charge in [0.2, 0.25) is 0 Å². The first-order valence-corrected chi connectivity index (χ1v) is 6.60. The molecule has 1 aromatic carbocycles. The lowest BCUT2D eigenvalue weighted by atomic mass is 10.1. The van der Waals surface area contributed by atoms with Crippen LogP contribution in [0, 0.1) is 0 Å². The highest BCUT2D eigenvalue weighted by molar-refractivity contribution is 6.06. The molecule has 0 atom stereocenters. The molecular weight excluding hydrogens is 266 g/mol. The van der Waals surface area contributed by atoms with E-state index in [4.69, 9.17) is 4.74 Å². The summed E-state index contributed by atoms with van der Waals surface area (Å²) < 4.78 is 4.91. The third-order valence-electron chi connectivity index (χ3n) is 2.81. The number of pyridine rings is 1. The number of hydrogen-bond acceptors (Lipinski definition) is 4. The van der Waals surface area contributed by atoms with Gasteiger partial charge in [-0.15, -0.1) is 0 Å². The van der Waals surface area contributed by atoms with Gasteiger partial charge in [-0.1, -0.05) is 18.2 Å². The summed E-state index contributed by atoms with van der Waals surface area (Å²) in [5, 5.41) is 0. The highest BCUT2D eigenvalue weighted by Gasteiger charge is 2.05. The highest BCUT2D eigenvalue weighted by atomic mass is 16.5. The van der Waals surface area contributed by atoms with Gasteiger partial charge in [-0.05, 0) is 42.8 Å². The predicted octanol–water partition coefficient (Wildman–Crippen LogP) is 3.15. The van der Waals surface area contributed by atoms with Gasteiger partial charge in [-0.25, -0.2) is 4.79 Å². The lowest BCUT2D eigenvalue weighted by Gasteiger charge is -2.01. The third kappa shape index (κ3) is 4.11. The van der Waals surface area contributed by atoms with Crippen LogP contribution in [0.3, 0.4) is 0 Å². The van der Waals surface area contributed by atoms with Crippen molar-refractivity contribution in [3.8, 4) is 0 Å². The molecule has 1 aromatic heterocycles. The van der Waals surface area contributed by atoms with E-state index in [9.17, 15) is 9.59 Å². The molecule has 0 spiro atoms. The molecule has 2 rings (SSSR count). The molecule has 4 heteroatoms. The summed E-state index contributed by atoms with van der Waals surface area (Å²) in [6, 6.07) is 10.2. The average molecular weight is 281 g/mol. The SMILES string of the molecule is CCOC(=O)c1ccc(/C=C/C(=O)c2ccncc2)cc1. The van der Waals surface area contributed by atoms with E-state index in [1.165, 1.54) is 6.08 Å². The molecule has 0 fully saturated rings. The van der Waals surface area contributed by atoms with Gasteiger partial charge in [0, 0.05) is 18.0 Å². The average Bonchev–Trinajstić information content (AvgIpc) is 2.54. The Morgan fingerprint density at radius 2 is 1.71 bits per heavy atom. The second-order valence-corrected chi connectivity index (χ2v) is 4.28. The number of nitrogens with zero attached hydrogens (tertiary/aromatic N) is 1. The first-order valence-electron chi connectivity index (χ1n) is 6.60. The lowest BCUT2D eigenvalue weighted by Crippen LogP contribution is -2.04. The normalized spacial score (nSPS) is 10.5. The van der Waals surface area contributed by atoms with Crippen molar-refractivity contribution < 1.29 is 14.3 Å².